The molecule has 1 rings (SSSR count). The fraction of sp³-hybridized carbons (Fsp3) is 0.300. The molecule has 0 aliphatic rings. The number of amides is 1. The van der Waals surface area contributed by atoms with Crippen LogP contribution in [0.25, 0.3) is 0 Å². The molecule has 1 aromatic heterocycles. The van der Waals surface area contributed by atoms with Gasteiger partial charge in [0.2, 0.25) is 5.91 Å². The summed E-state index contributed by atoms with van der Waals surface area (Å²) in [4.78, 5) is 33.7. The number of hydrogen-bond donors (Lipinski definition) is 2. The second-order valence-corrected chi connectivity index (χ2v) is 7.21. The molecule has 0 bridgehead atoms. The molecule has 1 heterocycles. The summed E-state index contributed by atoms with van der Waals surface area (Å²) in [6.45, 7) is 1.21. The highest BCUT2D eigenvalue weighted by molar-refractivity contribution is 9.12. The molecule has 1 amide bonds. The van der Waals surface area contributed by atoms with Gasteiger partial charge in [-0.05, 0) is 37.9 Å². The van der Waals surface area contributed by atoms with Gasteiger partial charge in [0.25, 0.3) is 0 Å². The molecule has 2 N–H and O–H groups in total. The normalized spacial score (nSPS) is 11.9. The van der Waals surface area contributed by atoms with E-state index in [1.807, 2.05) is 0 Å². The standard InChI is InChI=1S/C10H9Br2NO4S/c1-4(14)13-6(10(16)17)3-7(15)5-2-8(11)18-9(5)12/h2,6H,3H2,1H3,(H,13,14)(H,16,17). The highest BCUT2D eigenvalue weighted by Gasteiger charge is 2.24. The SMILES string of the molecule is CC(=O)NC(CC(=O)c1cc(Br)sc1Br)C(=O)O. The summed E-state index contributed by atoms with van der Waals surface area (Å²) in [6.07, 6.45) is -0.281. The van der Waals surface area contributed by atoms with Crippen LogP contribution in [-0.4, -0.2) is 28.8 Å². The molecular formula is C10H9Br2NO4S. The van der Waals surface area contributed by atoms with E-state index in [2.05, 4.69) is 37.2 Å². The van der Waals surface area contributed by atoms with E-state index >= 15 is 0 Å². The van der Waals surface area contributed by atoms with Gasteiger partial charge in [-0.3, -0.25) is 9.59 Å². The smallest absolute Gasteiger partial charge is 0.326 e. The number of carboxylic acids is 1. The Morgan fingerprint density at radius 2 is 2.06 bits per heavy atom. The van der Waals surface area contributed by atoms with Gasteiger partial charge < -0.3 is 10.4 Å². The summed E-state index contributed by atoms with van der Waals surface area (Å²) < 4.78 is 1.40. The third kappa shape index (κ3) is 4.18. The molecule has 1 aromatic rings. The number of carboxylic acid groups (broad SMARTS) is 1. The molecular weight excluding hydrogens is 390 g/mol. The molecule has 0 aromatic carbocycles. The number of carbonyl (C=O) groups is 3. The van der Waals surface area contributed by atoms with Crippen molar-refractivity contribution in [3.8, 4) is 0 Å². The molecule has 1 atom stereocenters. The predicted molar refractivity (Wildman–Crippen MR) is 73.9 cm³/mol. The van der Waals surface area contributed by atoms with Gasteiger partial charge in [-0.1, -0.05) is 0 Å². The Morgan fingerprint density at radius 3 is 2.44 bits per heavy atom. The molecule has 5 nitrogen and oxygen atoms in total. The topological polar surface area (TPSA) is 83.5 Å². The number of thiophene rings is 1. The Kier molecular flexibility index (Phi) is 5.48. The van der Waals surface area contributed by atoms with Gasteiger partial charge in [0, 0.05) is 18.9 Å². The zero-order valence-electron chi connectivity index (χ0n) is 9.20. The minimum absolute atomic E-state index is 0.281. The third-order valence-corrected chi connectivity index (χ3v) is 4.36. The van der Waals surface area contributed by atoms with Crippen molar-refractivity contribution in [2.45, 2.75) is 19.4 Å². The summed E-state index contributed by atoms with van der Waals surface area (Å²) in [5.41, 5.74) is 0.406. The van der Waals surface area contributed by atoms with Crippen molar-refractivity contribution in [2.24, 2.45) is 0 Å². The first kappa shape index (κ1) is 15.3. The molecule has 0 radical (unpaired) electrons. The minimum atomic E-state index is -1.23. The van der Waals surface area contributed by atoms with Crippen LogP contribution >= 0.6 is 43.2 Å². The highest BCUT2D eigenvalue weighted by atomic mass is 79.9. The van der Waals surface area contributed by atoms with Crippen molar-refractivity contribution < 1.29 is 19.5 Å². The lowest BCUT2D eigenvalue weighted by molar-refractivity contribution is -0.141. The molecule has 18 heavy (non-hydrogen) atoms. The van der Waals surface area contributed by atoms with E-state index in [1.165, 1.54) is 18.3 Å². The monoisotopic (exact) mass is 397 g/mol. The van der Waals surface area contributed by atoms with Gasteiger partial charge in [-0.15, -0.1) is 11.3 Å². The number of Topliss-reactive ketones (excluding diaryl/α,β-unsaturated/α-hetero) is 1. The fourth-order valence-corrected chi connectivity index (χ4v) is 4.13. The second kappa shape index (κ2) is 6.44. The molecule has 0 saturated heterocycles. The van der Waals surface area contributed by atoms with Crippen LogP contribution in [0.2, 0.25) is 0 Å². The van der Waals surface area contributed by atoms with Crippen molar-refractivity contribution in [2.75, 3.05) is 0 Å². The lowest BCUT2D eigenvalue weighted by atomic mass is 10.1. The Balaban J connectivity index is 2.81. The molecule has 1 unspecified atom stereocenters. The summed E-state index contributed by atoms with van der Waals surface area (Å²) >= 11 is 7.79. The van der Waals surface area contributed by atoms with Gasteiger partial charge in [0.15, 0.2) is 5.78 Å². The average Bonchev–Trinajstić information content (AvgIpc) is 2.56. The summed E-state index contributed by atoms with van der Waals surface area (Å²) in [5.74, 6) is -2.06. The van der Waals surface area contributed by atoms with Crippen molar-refractivity contribution in [3.05, 3.63) is 19.2 Å². The molecule has 0 aliphatic carbocycles. The molecule has 0 saturated carbocycles. The van der Waals surface area contributed by atoms with Crippen LogP contribution in [0, 0.1) is 0 Å². The van der Waals surface area contributed by atoms with E-state index < -0.39 is 17.9 Å². The summed E-state index contributed by atoms with van der Waals surface area (Å²) in [6, 6.07) is 0.407. The Morgan fingerprint density at radius 1 is 1.44 bits per heavy atom. The molecule has 0 aliphatic heterocycles. The molecule has 0 fully saturated rings. The summed E-state index contributed by atoms with van der Waals surface area (Å²) in [5, 5.41) is 11.1. The van der Waals surface area contributed by atoms with Gasteiger partial charge in [0.05, 0.1) is 7.57 Å². The Labute approximate surface area is 124 Å². The number of rotatable bonds is 5. The van der Waals surface area contributed by atoms with E-state index in [0.29, 0.717) is 9.35 Å². The minimum Gasteiger partial charge on any atom is -0.480 e. The number of ketones is 1. The molecule has 0 spiro atoms. The molecule has 98 valence electrons. The van der Waals surface area contributed by atoms with Crippen LogP contribution in [0.1, 0.15) is 23.7 Å². The lowest BCUT2D eigenvalue weighted by Crippen LogP contribution is -2.41. The number of carbonyl (C=O) groups excluding carboxylic acids is 2. The maximum Gasteiger partial charge on any atom is 0.326 e. The Hall–Kier alpha value is -0.730. The largest absolute Gasteiger partial charge is 0.480 e. The van der Waals surface area contributed by atoms with Gasteiger partial charge in [0.1, 0.15) is 6.04 Å². The van der Waals surface area contributed by atoms with Crippen LogP contribution in [-0.2, 0) is 9.59 Å². The maximum atomic E-state index is 11.9. The zero-order chi connectivity index (χ0) is 13.9. The average molecular weight is 399 g/mol. The van der Waals surface area contributed by atoms with Crippen molar-refractivity contribution >= 4 is 60.9 Å². The highest BCUT2D eigenvalue weighted by Crippen LogP contribution is 2.32. The number of hydrogen-bond acceptors (Lipinski definition) is 4. The Bertz CT molecular complexity index is 500. The van der Waals surface area contributed by atoms with Crippen LogP contribution < -0.4 is 5.32 Å². The maximum absolute atomic E-state index is 11.9. The van der Waals surface area contributed by atoms with E-state index in [-0.39, 0.29) is 12.2 Å². The zero-order valence-corrected chi connectivity index (χ0v) is 13.2. The summed E-state index contributed by atoms with van der Waals surface area (Å²) in [7, 11) is 0. The van der Waals surface area contributed by atoms with Gasteiger partial charge >= 0.3 is 5.97 Å². The van der Waals surface area contributed by atoms with E-state index in [0.717, 1.165) is 3.79 Å². The van der Waals surface area contributed by atoms with E-state index in [9.17, 15) is 14.4 Å². The van der Waals surface area contributed by atoms with Gasteiger partial charge in [-0.25, -0.2) is 4.79 Å². The van der Waals surface area contributed by atoms with E-state index in [1.54, 1.807) is 6.07 Å². The van der Waals surface area contributed by atoms with Crippen molar-refractivity contribution in [1.29, 1.82) is 0 Å². The van der Waals surface area contributed by atoms with Crippen LogP contribution in [0.4, 0.5) is 0 Å². The second-order valence-electron chi connectivity index (χ2n) is 3.46. The predicted octanol–water partition coefficient (Wildman–Crippen LogP) is 2.44. The third-order valence-electron chi connectivity index (χ3n) is 2.02. The van der Waals surface area contributed by atoms with E-state index in [4.69, 9.17) is 5.11 Å². The first-order chi connectivity index (χ1) is 8.31. The van der Waals surface area contributed by atoms with Crippen LogP contribution in [0.15, 0.2) is 13.6 Å². The number of nitrogens with one attached hydrogen (secondary N) is 1. The quantitative estimate of drug-likeness (QED) is 0.746. The fourth-order valence-electron chi connectivity index (χ4n) is 1.27. The first-order valence-electron chi connectivity index (χ1n) is 4.79. The number of aliphatic carboxylic acids is 1. The first-order valence-corrected chi connectivity index (χ1v) is 7.19. The van der Waals surface area contributed by atoms with Crippen molar-refractivity contribution in [3.63, 3.8) is 0 Å². The van der Waals surface area contributed by atoms with Crippen LogP contribution in [0.5, 0.6) is 0 Å². The lowest BCUT2D eigenvalue weighted by Gasteiger charge is -2.11. The molecule has 8 heteroatoms. The number of halogens is 2. The van der Waals surface area contributed by atoms with Gasteiger partial charge in [-0.2, -0.15) is 0 Å². The van der Waals surface area contributed by atoms with Crippen LogP contribution in [0.3, 0.4) is 0 Å². The van der Waals surface area contributed by atoms with Crippen molar-refractivity contribution in [1.82, 2.24) is 5.32 Å².